The van der Waals surface area contributed by atoms with Gasteiger partial charge in [0, 0.05) is 12.3 Å². The molecule has 0 bridgehead atoms. The van der Waals surface area contributed by atoms with Crippen LogP contribution < -0.4 is 16.0 Å². The first-order valence-electron chi connectivity index (χ1n) is 5.47. The number of nitrogens with one attached hydrogen (secondary N) is 1. The minimum atomic E-state index is -4.24. The number of fused-ring (bicyclic) bond motifs is 1. The van der Waals surface area contributed by atoms with E-state index in [-0.39, 0.29) is 16.6 Å². The van der Waals surface area contributed by atoms with Crippen molar-refractivity contribution >= 4 is 22.5 Å². The summed E-state index contributed by atoms with van der Waals surface area (Å²) in [7, 11) is 0. The van der Waals surface area contributed by atoms with Gasteiger partial charge in [0.05, 0.1) is 10.3 Å². The van der Waals surface area contributed by atoms with E-state index in [0.29, 0.717) is 0 Å². The number of nitro groups is 1. The summed E-state index contributed by atoms with van der Waals surface area (Å²) in [4.78, 5) is 24.9. The molecule has 0 saturated carbocycles. The van der Waals surface area contributed by atoms with Gasteiger partial charge in [-0.3, -0.25) is 25.3 Å². The third-order valence-electron chi connectivity index (χ3n) is 2.54. The Balaban J connectivity index is 2.54. The number of rotatable bonds is 4. The summed E-state index contributed by atoms with van der Waals surface area (Å²) in [6.07, 6.45) is -2.99. The second-order valence-electron chi connectivity index (χ2n) is 3.83. The van der Waals surface area contributed by atoms with Crippen LogP contribution in [0.1, 0.15) is 0 Å². The van der Waals surface area contributed by atoms with Crippen molar-refractivity contribution in [1.29, 1.82) is 0 Å². The number of hydrazine groups is 1. The molecular weight excluding hydrogens is 290 g/mol. The molecule has 0 saturated heterocycles. The third kappa shape index (κ3) is 2.69. The number of nitrogens with zero attached hydrogens (tertiary/aromatic N) is 2. The van der Waals surface area contributed by atoms with E-state index in [9.17, 15) is 23.7 Å². The molecule has 1 aromatic heterocycles. The Kier molecular flexibility index (Phi) is 3.63. The summed E-state index contributed by atoms with van der Waals surface area (Å²) < 4.78 is 31.1. The van der Waals surface area contributed by atoms with Crippen LogP contribution in [0.15, 0.2) is 30.5 Å². The molecule has 0 aliphatic heterocycles. The third-order valence-corrected chi connectivity index (χ3v) is 2.54. The van der Waals surface area contributed by atoms with Gasteiger partial charge >= 0.3 is 12.0 Å². The summed E-state index contributed by atoms with van der Waals surface area (Å²) in [6.45, 7) is 0. The molecular formula is C11H8F2N4O4. The highest BCUT2D eigenvalue weighted by atomic mass is 19.3. The number of pyridine rings is 1. The van der Waals surface area contributed by atoms with Crippen LogP contribution in [0.2, 0.25) is 0 Å². The van der Waals surface area contributed by atoms with Crippen molar-refractivity contribution in [2.45, 2.75) is 6.11 Å². The standard InChI is InChI=1S/C11H8F2N4O4/c12-11(13,10(18)16-14)21-8-4-3-7(17(19)20)6-2-1-5-15-9(6)8/h1-5H,14H2,(H,16,18). The van der Waals surface area contributed by atoms with E-state index < -0.39 is 22.7 Å². The molecule has 110 valence electrons. The molecule has 3 N–H and O–H groups in total. The van der Waals surface area contributed by atoms with E-state index in [0.717, 1.165) is 12.1 Å². The van der Waals surface area contributed by atoms with Crippen LogP contribution in [0.4, 0.5) is 14.5 Å². The van der Waals surface area contributed by atoms with Crippen LogP contribution in [0, 0.1) is 10.1 Å². The molecule has 8 nitrogen and oxygen atoms in total. The minimum absolute atomic E-state index is 0.00366. The molecule has 21 heavy (non-hydrogen) atoms. The number of benzene rings is 1. The summed E-state index contributed by atoms with van der Waals surface area (Å²) >= 11 is 0. The van der Waals surface area contributed by atoms with Crippen molar-refractivity contribution in [3.63, 3.8) is 0 Å². The van der Waals surface area contributed by atoms with Crippen LogP contribution in [-0.2, 0) is 4.79 Å². The zero-order valence-corrected chi connectivity index (χ0v) is 10.2. The van der Waals surface area contributed by atoms with Crippen molar-refractivity contribution in [2.75, 3.05) is 0 Å². The lowest BCUT2D eigenvalue weighted by Crippen LogP contribution is -2.47. The highest BCUT2D eigenvalue weighted by Gasteiger charge is 2.42. The van der Waals surface area contributed by atoms with E-state index in [2.05, 4.69) is 15.6 Å². The predicted octanol–water partition coefficient (Wildman–Crippen LogP) is 1.10. The van der Waals surface area contributed by atoms with Gasteiger partial charge in [0.15, 0.2) is 5.75 Å². The van der Waals surface area contributed by atoms with E-state index in [1.54, 1.807) is 0 Å². The molecule has 0 fully saturated rings. The Morgan fingerprint density at radius 3 is 2.76 bits per heavy atom. The minimum Gasteiger partial charge on any atom is -0.423 e. The van der Waals surface area contributed by atoms with Crippen molar-refractivity contribution in [3.05, 3.63) is 40.6 Å². The first-order valence-corrected chi connectivity index (χ1v) is 5.47. The molecule has 0 unspecified atom stereocenters. The first-order chi connectivity index (χ1) is 9.86. The number of carbonyl (C=O) groups excluding carboxylic acids is 1. The molecule has 1 heterocycles. The maximum Gasteiger partial charge on any atom is 0.483 e. The maximum atomic E-state index is 13.4. The average Bonchev–Trinajstić information content (AvgIpc) is 2.46. The Hall–Kier alpha value is -2.88. The fourth-order valence-corrected chi connectivity index (χ4v) is 1.64. The predicted molar refractivity (Wildman–Crippen MR) is 66.3 cm³/mol. The van der Waals surface area contributed by atoms with Crippen LogP contribution in [-0.4, -0.2) is 21.9 Å². The molecule has 0 spiro atoms. The monoisotopic (exact) mass is 298 g/mol. The average molecular weight is 298 g/mol. The van der Waals surface area contributed by atoms with Crippen LogP contribution in [0.3, 0.4) is 0 Å². The van der Waals surface area contributed by atoms with Gasteiger partial charge < -0.3 is 4.74 Å². The fourth-order valence-electron chi connectivity index (χ4n) is 1.64. The van der Waals surface area contributed by atoms with Crippen molar-refractivity contribution in [1.82, 2.24) is 10.4 Å². The number of halogens is 2. The van der Waals surface area contributed by atoms with Crippen molar-refractivity contribution in [2.24, 2.45) is 5.84 Å². The molecule has 0 aliphatic rings. The fraction of sp³-hybridized carbons (Fsp3) is 0.0909. The lowest BCUT2D eigenvalue weighted by atomic mass is 10.1. The van der Waals surface area contributed by atoms with Gasteiger partial charge in [0.25, 0.3) is 5.69 Å². The van der Waals surface area contributed by atoms with Gasteiger partial charge in [-0.15, -0.1) is 0 Å². The van der Waals surface area contributed by atoms with Crippen molar-refractivity contribution < 1.29 is 23.2 Å². The normalized spacial score (nSPS) is 11.2. The van der Waals surface area contributed by atoms with E-state index in [1.165, 1.54) is 23.8 Å². The number of carbonyl (C=O) groups is 1. The topological polar surface area (TPSA) is 120 Å². The number of amides is 1. The largest absolute Gasteiger partial charge is 0.483 e. The molecule has 0 radical (unpaired) electrons. The highest BCUT2D eigenvalue weighted by molar-refractivity contribution is 5.92. The van der Waals surface area contributed by atoms with Crippen LogP contribution in [0.5, 0.6) is 5.75 Å². The lowest BCUT2D eigenvalue weighted by Gasteiger charge is -2.16. The number of aromatic nitrogens is 1. The van der Waals surface area contributed by atoms with Gasteiger partial charge in [-0.2, -0.15) is 8.78 Å². The number of ether oxygens (including phenoxy) is 1. The number of non-ortho nitro benzene ring substituents is 1. The van der Waals surface area contributed by atoms with Gasteiger partial charge in [-0.1, -0.05) is 0 Å². The van der Waals surface area contributed by atoms with Gasteiger partial charge in [-0.25, -0.2) is 5.84 Å². The quantitative estimate of drug-likeness (QED) is 0.377. The molecule has 2 aromatic rings. The molecule has 10 heteroatoms. The van der Waals surface area contributed by atoms with Gasteiger partial charge in [0.1, 0.15) is 5.52 Å². The number of nitrogens with two attached hydrogens (primary N) is 1. The zero-order chi connectivity index (χ0) is 15.6. The smallest absolute Gasteiger partial charge is 0.423 e. The van der Waals surface area contributed by atoms with Crippen LogP contribution >= 0.6 is 0 Å². The summed E-state index contributed by atoms with van der Waals surface area (Å²) in [5, 5.41) is 10.9. The Labute approximate surface area is 115 Å². The number of nitro benzene ring substituents is 1. The summed E-state index contributed by atoms with van der Waals surface area (Å²) in [6, 6.07) is 4.65. The second-order valence-corrected chi connectivity index (χ2v) is 3.83. The summed E-state index contributed by atoms with van der Waals surface area (Å²) in [5.41, 5.74) is 0.768. The Bertz CT molecular complexity index is 722. The zero-order valence-electron chi connectivity index (χ0n) is 10.2. The second kappa shape index (κ2) is 5.25. The SMILES string of the molecule is NNC(=O)C(F)(F)Oc1ccc([N+](=O)[O-])c2cccnc12. The summed E-state index contributed by atoms with van der Waals surface area (Å²) in [5.74, 6) is 2.29. The van der Waals surface area contributed by atoms with E-state index in [1.807, 2.05) is 0 Å². The number of hydrogen-bond donors (Lipinski definition) is 2. The lowest BCUT2D eigenvalue weighted by molar-refractivity contribution is -0.383. The molecule has 1 amide bonds. The molecule has 0 atom stereocenters. The van der Waals surface area contributed by atoms with E-state index in [4.69, 9.17) is 0 Å². The number of alkyl halides is 2. The number of hydrogen-bond acceptors (Lipinski definition) is 6. The maximum absolute atomic E-state index is 13.4. The molecule has 1 aromatic carbocycles. The molecule has 0 aliphatic carbocycles. The van der Waals surface area contributed by atoms with E-state index >= 15 is 0 Å². The van der Waals surface area contributed by atoms with Crippen molar-refractivity contribution in [3.8, 4) is 5.75 Å². The van der Waals surface area contributed by atoms with Crippen LogP contribution in [0.25, 0.3) is 10.9 Å². The molecule has 2 rings (SSSR count). The van der Waals surface area contributed by atoms with Gasteiger partial charge in [0.2, 0.25) is 0 Å². The Morgan fingerprint density at radius 1 is 1.43 bits per heavy atom. The Morgan fingerprint density at radius 2 is 2.14 bits per heavy atom. The van der Waals surface area contributed by atoms with Gasteiger partial charge in [-0.05, 0) is 18.2 Å². The first kappa shape index (κ1) is 14.5. The highest BCUT2D eigenvalue weighted by Crippen LogP contribution is 2.33.